The lowest BCUT2D eigenvalue weighted by Gasteiger charge is -2.40. The van der Waals surface area contributed by atoms with E-state index in [1.54, 1.807) is 7.11 Å². The van der Waals surface area contributed by atoms with E-state index in [2.05, 4.69) is 56.8 Å². The molecule has 2 fully saturated rings. The predicted octanol–water partition coefficient (Wildman–Crippen LogP) is 6.38. The summed E-state index contributed by atoms with van der Waals surface area (Å²) in [6, 6.07) is 18.5. The SMILES string of the molecule is COCc1ccc(N2CC(OCCCOCCCOC3CC(Oc4ccc(-c5ccc6c7cnccc7n(C)c6c5)cn4)C3)C2)cc1C=O. The molecule has 0 atom stereocenters. The molecule has 0 spiro atoms. The van der Waals surface area contributed by atoms with E-state index in [0.29, 0.717) is 44.5 Å². The molecule has 0 bridgehead atoms. The topological polar surface area (TPSA) is 97.2 Å². The van der Waals surface area contributed by atoms with Gasteiger partial charge in [0.25, 0.3) is 0 Å². The number of methoxy groups -OCH3 is 1. The number of hydrogen-bond donors (Lipinski definition) is 0. The van der Waals surface area contributed by atoms with Crippen molar-refractivity contribution in [2.75, 3.05) is 51.5 Å². The van der Waals surface area contributed by atoms with Gasteiger partial charge < -0.3 is 33.2 Å². The number of aldehydes is 1. The Labute approximate surface area is 286 Å². The van der Waals surface area contributed by atoms with Gasteiger partial charge in [-0.15, -0.1) is 0 Å². The summed E-state index contributed by atoms with van der Waals surface area (Å²) in [7, 11) is 3.72. The van der Waals surface area contributed by atoms with Crippen molar-refractivity contribution in [1.29, 1.82) is 0 Å². The van der Waals surface area contributed by atoms with Crippen LogP contribution in [0.2, 0.25) is 0 Å². The minimum absolute atomic E-state index is 0.137. The quantitative estimate of drug-likeness (QED) is 0.0829. The smallest absolute Gasteiger partial charge is 0.213 e. The molecule has 5 aromatic rings. The molecule has 49 heavy (non-hydrogen) atoms. The Morgan fingerprint density at radius 1 is 0.816 bits per heavy atom. The number of aromatic nitrogens is 3. The Morgan fingerprint density at radius 3 is 2.37 bits per heavy atom. The number of carbonyl (C=O) groups excluding carboxylic acids is 1. The molecule has 1 saturated carbocycles. The first-order chi connectivity index (χ1) is 24.1. The molecule has 1 aliphatic heterocycles. The normalized spacial score (nSPS) is 17.7. The first-order valence-corrected chi connectivity index (χ1v) is 17.2. The number of ether oxygens (including phenoxy) is 5. The number of fused-ring (bicyclic) bond motifs is 3. The average molecular weight is 665 g/mol. The number of hydrogen-bond acceptors (Lipinski definition) is 9. The summed E-state index contributed by atoms with van der Waals surface area (Å²) < 4.78 is 31.3. The fourth-order valence-corrected chi connectivity index (χ4v) is 6.63. The van der Waals surface area contributed by atoms with Crippen LogP contribution in [0.15, 0.2) is 73.2 Å². The van der Waals surface area contributed by atoms with Gasteiger partial charge in [-0.1, -0.05) is 18.2 Å². The third-order valence-corrected chi connectivity index (χ3v) is 9.56. The van der Waals surface area contributed by atoms with Gasteiger partial charge in [-0.3, -0.25) is 9.78 Å². The van der Waals surface area contributed by atoms with Gasteiger partial charge in [0.05, 0.1) is 24.3 Å². The monoisotopic (exact) mass is 664 g/mol. The van der Waals surface area contributed by atoms with Crippen molar-refractivity contribution in [3.05, 3.63) is 84.3 Å². The van der Waals surface area contributed by atoms with Crippen molar-refractivity contribution < 1.29 is 28.5 Å². The van der Waals surface area contributed by atoms with E-state index in [1.807, 2.05) is 42.9 Å². The van der Waals surface area contributed by atoms with Crippen LogP contribution in [0.3, 0.4) is 0 Å². The molecule has 10 heteroatoms. The van der Waals surface area contributed by atoms with Crippen LogP contribution in [0.4, 0.5) is 5.69 Å². The number of anilines is 1. The first kappa shape index (κ1) is 33.2. The highest BCUT2D eigenvalue weighted by atomic mass is 16.5. The second kappa shape index (κ2) is 15.5. The molecular weight excluding hydrogens is 620 g/mol. The second-order valence-electron chi connectivity index (χ2n) is 12.9. The van der Waals surface area contributed by atoms with Crippen molar-refractivity contribution in [2.45, 2.75) is 50.6 Å². The van der Waals surface area contributed by atoms with Crippen LogP contribution >= 0.6 is 0 Å². The van der Waals surface area contributed by atoms with Crippen LogP contribution < -0.4 is 9.64 Å². The zero-order valence-electron chi connectivity index (χ0n) is 28.3. The molecule has 1 saturated heterocycles. The second-order valence-corrected chi connectivity index (χ2v) is 12.9. The molecule has 2 aromatic carbocycles. The molecule has 0 amide bonds. The van der Waals surface area contributed by atoms with Gasteiger partial charge in [-0.05, 0) is 54.3 Å². The molecule has 256 valence electrons. The summed E-state index contributed by atoms with van der Waals surface area (Å²) in [5, 5.41) is 2.37. The predicted molar refractivity (Wildman–Crippen MR) is 189 cm³/mol. The van der Waals surface area contributed by atoms with E-state index < -0.39 is 0 Å². The number of aryl methyl sites for hydroxylation is 1. The summed E-state index contributed by atoms with van der Waals surface area (Å²) in [6.07, 6.45) is 10.6. The first-order valence-electron chi connectivity index (χ1n) is 17.2. The van der Waals surface area contributed by atoms with Crippen LogP contribution in [-0.4, -0.2) is 85.8 Å². The molecule has 0 unspecified atom stereocenters. The molecule has 0 N–H and O–H groups in total. The van der Waals surface area contributed by atoms with Crippen LogP contribution in [0.25, 0.3) is 32.9 Å². The van der Waals surface area contributed by atoms with E-state index in [9.17, 15) is 4.79 Å². The Bertz CT molecular complexity index is 1860. The molecule has 0 radical (unpaired) electrons. The van der Waals surface area contributed by atoms with Crippen LogP contribution in [-0.2, 0) is 32.6 Å². The van der Waals surface area contributed by atoms with E-state index >= 15 is 0 Å². The maximum Gasteiger partial charge on any atom is 0.213 e. The minimum atomic E-state index is 0.137. The fraction of sp³-hybridized carbons (Fsp3) is 0.410. The summed E-state index contributed by atoms with van der Waals surface area (Å²) in [4.78, 5) is 22.5. The van der Waals surface area contributed by atoms with Crippen molar-refractivity contribution >= 4 is 33.8 Å². The summed E-state index contributed by atoms with van der Waals surface area (Å²) in [5.74, 6) is 0.650. The highest BCUT2D eigenvalue weighted by molar-refractivity contribution is 6.08. The zero-order chi connectivity index (χ0) is 33.6. The molecule has 3 aromatic heterocycles. The number of rotatable bonds is 17. The molecule has 1 aliphatic carbocycles. The maximum atomic E-state index is 11.4. The molecule has 4 heterocycles. The van der Waals surface area contributed by atoms with Gasteiger partial charge in [0.15, 0.2) is 0 Å². The Kier molecular flexibility index (Phi) is 10.5. The highest BCUT2D eigenvalue weighted by Gasteiger charge is 2.32. The maximum absolute atomic E-state index is 11.4. The highest BCUT2D eigenvalue weighted by Crippen LogP contribution is 2.32. The zero-order valence-corrected chi connectivity index (χ0v) is 28.3. The third-order valence-electron chi connectivity index (χ3n) is 9.56. The third kappa shape index (κ3) is 7.63. The lowest BCUT2D eigenvalue weighted by molar-refractivity contribution is -0.0664. The van der Waals surface area contributed by atoms with Gasteiger partial charge in [-0.2, -0.15) is 0 Å². The molecule has 7 rings (SSSR count). The van der Waals surface area contributed by atoms with Gasteiger partial charge in [0, 0.05) is 124 Å². The lowest BCUT2D eigenvalue weighted by atomic mass is 9.92. The molecule has 10 nitrogen and oxygen atoms in total. The minimum Gasteiger partial charge on any atom is -0.474 e. The number of nitrogens with zero attached hydrogens (tertiary/aromatic N) is 4. The summed E-state index contributed by atoms with van der Waals surface area (Å²) >= 11 is 0. The number of carbonyl (C=O) groups is 1. The standard InChI is InChI=1S/C39H44N4O6/c1-42-37-11-12-40-22-36(37)35-9-6-27(18-38(35)42)28-7-10-39(41-21-28)49-33-19-32(20-33)47-15-3-13-46-14-4-16-48-34-23-43(24-34)31-8-5-29(26-45-2)30(17-31)25-44/h5-12,17-18,21-22,25,32-34H,3-4,13-16,19-20,23-24,26H2,1-2H3. The van der Waals surface area contributed by atoms with Crippen molar-refractivity contribution in [3.63, 3.8) is 0 Å². The van der Waals surface area contributed by atoms with Gasteiger partial charge >= 0.3 is 0 Å². The molecular formula is C39H44N4O6. The van der Waals surface area contributed by atoms with Crippen LogP contribution in [0.5, 0.6) is 5.88 Å². The van der Waals surface area contributed by atoms with Crippen molar-refractivity contribution in [2.24, 2.45) is 7.05 Å². The van der Waals surface area contributed by atoms with E-state index in [1.165, 1.54) is 21.8 Å². The summed E-state index contributed by atoms with van der Waals surface area (Å²) in [5.41, 5.74) is 7.16. The largest absolute Gasteiger partial charge is 0.474 e. The van der Waals surface area contributed by atoms with Crippen LogP contribution in [0, 0.1) is 0 Å². The lowest BCUT2D eigenvalue weighted by Crippen LogP contribution is -2.52. The average Bonchev–Trinajstić information content (AvgIpc) is 3.38. The number of benzene rings is 2. The Balaban J connectivity index is 0.725. The van der Waals surface area contributed by atoms with Gasteiger partial charge in [-0.25, -0.2) is 4.98 Å². The fourth-order valence-electron chi connectivity index (χ4n) is 6.63. The Morgan fingerprint density at radius 2 is 1.61 bits per heavy atom. The van der Waals surface area contributed by atoms with E-state index in [4.69, 9.17) is 23.7 Å². The Hall–Kier alpha value is -4.35. The van der Waals surface area contributed by atoms with Crippen LogP contribution in [0.1, 0.15) is 41.6 Å². The summed E-state index contributed by atoms with van der Waals surface area (Å²) in [6.45, 7) is 4.84. The van der Waals surface area contributed by atoms with Crippen molar-refractivity contribution in [3.8, 4) is 17.0 Å². The van der Waals surface area contributed by atoms with E-state index in [0.717, 1.165) is 67.4 Å². The number of pyridine rings is 2. The van der Waals surface area contributed by atoms with Gasteiger partial charge in [0.2, 0.25) is 5.88 Å². The molecule has 2 aliphatic rings. The van der Waals surface area contributed by atoms with Gasteiger partial charge in [0.1, 0.15) is 12.4 Å². The van der Waals surface area contributed by atoms with Crippen molar-refractivity contribution in [1.82, 2.24) is 14.5 Å². The van der Waals surface area contributed by atoms with E-state index in [-0.39, 0.29) is 18.3 Å².